The Bertz CT molecular complexity index is 306. The number of aliphatic hydroxyl groups is 1. The van der Waals surface area contributed by atoms with E-state index in [4.69, 9.17) is 4.74 Å². The summed E-state index contributed by atoms with van der Waals surface area (Å²) in [6.07, 6.45) is -1.44. The van der Waals surface area contributed by atoms with Crippen LogP contribution < -0.4 is 0 Å². The van der Waals surface area contributed by atoms with E-state index >= 15 is 0 Å². The zero-order chi connectivity index (χ0) is 13.2. The fraction of sp³-hybridized carbons (Fsp3) is 0.900. The zero-order valence-electron chi connectivity index (χ0n) is 10.3. The highest BCUT2D eigenvalue weighted by atomic mass is 16.6. The quantitative estimate of drug-likeness (QED) is 0.578. The van der Waals surface area contributed by atoms with Gasteiger partial charge in [-0.3, -0.25) is 10.1 Å². The van der Waals surface area contributed by atoms with Crippen molar-refractivity contribution in [3.8, 4) is 0 Å². The molecule has 0 spiro atoms. The second-order valence-corrected chi connectivity index (χ2v) is 5.23. The van der Waals surface area contributed by atoms with E-state index < -0.39 is 29.3 Å². The number of hydrogen-bond acceptors (Lipinski definition) is 5. The fourth-order valence-corrected chi connectivity index (χ4v) is 1.53. The molecule has 0 aromatic rings. The summed E-state index contributed by atoms with van der Waals surface area (Å²) in [5.41, 5.74) is -0.554. The van der Waals surface area contributed by atoms with E-state index in [-0.39, 0.29) is 5.92 Å². The molecule has 7 nitrogen and oxygen atoms in total. The molecular weight excluding hydrogens is 228 g/mol. The van der Waals surface area contributed by atoms with Crippen molar-refractivity contribution < 1.29 is 19.6 Å². The third-order valence-corrected chi connectivity index (χ3v) is 2.44. The smallest absolute Gasteiger partial charge is 0.410 e. The molecular formula is C10H18N2O5. The molecule has 1 fully saturated rings. The Balaban J connectivity index is 2.31. The minimum absolute atomic E-state index is 0.229. The lowest BCUT2D eigenvalue weighted by Crippen LogP contribution is -2.56. The summed E-state index contributed by atoms with van der Waals surface area (Å²) in [6.45, 7) is 5.44. The van der Waals surface area contributed by atoms with Crippen molar-refractivity contribution in [3.63, 3.8) is 0 Å². The normalized spacial score (nSPS) is 18.5. The summed E-state index contributed by atoms with van der Waals surface area (Å²) in [5, 5.41) is 19.6. The van der Waals surface area contributed by atoms with Gasteiger partial charge in [-0.05, 0) is 20.8 Å². The molecule has 1 rings (SSSR count). The molecule has 0 aromatic heterocycles. The van der Waals surface area contributed by atoms with Crippen LogP contribution in [0.5, 0.6) is 0 Å². The van der Waals surface area contributed by atoms with Crippen LogP contribution in [-0.4, -0.2) is 52.4 Å². The van der Waals surface area contributed by atoms with Gasteiger partial charge < -0.3 is 14.7 Å². The summed E-state index contributed by atoms with van der Waals surface area (Å²) in [6, 6.07) is 0. The molecule has 1 aliphatic rings. The van der Waals surface area contributed by atoms with E-state index in [0.717, 1.165) is 0 Å². The average molecular weight is 246 g/mol. The van der Waals surface area contributed by atoms with Crippen LogP contribution in [0.4, 0.5) is 4.79 Å². The summed E-state index contributed by atoms with van der Waals surface area (Å²) in [4.78, 5) is 22.6. The Morgan fingerprint density at radius 1 is 1.59 bits per heavy atom. The van der Waals surface area contributed by atoms with E-state index in [1.807, 2.05) is 0 Å². The van der Waals surface area contributed by atoms with E-state index in [1.54, 1.807) is 20.8 Å². The van der Waals surface area contributed by atoms with Crippen LogP contribution in [0.3, 0.4) is 0 Å². The molecule has 0 radical (unpaired) electrons. The van der Waals surface area contributed by atoms with Crippen molar-refractivity contribution in [1.29, 1.82) is 0 Å². The van der Waals surface area contributed by atoms with Crippen LogP contribution in [0.15, 0.2) is 0 Å². The maximum Gasteiger partial charge on any atom is 0.410 e. The lowest BCUT2D eigenvalue weighted by molar-refractivity contribution is -0.493. The van der Waals surface area contributed by atoms with Gasteiger partial charge in [0.1, 0.15) is 11.7 Å². The lowest BCUT2D eigenvalue weighted by atomic mass is 9.94. The first-order chi connectivity index (χ1) is 7.69. The van der Waals surface area contributed by atoms with Gasteiger partial charge in [0, 0.05) is 23.9 Å². The monoisotopic (exact) mass is 246 g/mol. The Morgan fingerprint density at radius 3 is 2.53 bits per heavy atom. The molecule has 1 heterocycles. The highest BCUT2D eigenvalue weighted by Crippen LogP contribution is 2.22. The first kappa shape index (κ1) is 13.7. The van der Waals surface area contributed by atoms with Gasteiger partial charge in [0.15, 0.2) is 0 Å². The number of aliphatic hydroxyl groups excluding tert-OH is 1. The Kier molecular flexibility index (Phi) is 3.92. The number of nitro groups is 1. The van der Waals surface area contributed by atoms with Gasteiger partial charge >= 0.3 is 6.09 Å². The van der Waals surface area contributed by atoms with Crippen LogP contribution >= 0.6 is 0 Å². The number of ether oxygens (including phenoxy) is 1. The summed E-state index contributed by atoms with van der Waals surface area (Å²) in [5.74, 6) is -0.229. The van der Waals surface area contributed by atoms with Gasteiger partial charge in [-0.15, -0.1) is 0 Å². The Hall–Kier alpha value is -1.37. The average Bonchev–Trinajstić information content (AvgIpc) is 1.94. The second kappa shape index (κ2) is 4.87. The number of carbonyl (C=O) groups is 1. The molecule has 0 aromatic carbocycles. The fourth-order valence-electron chi connectivity index (χ4n) is 1.53. The lowest BCUT2D eigenvalue weighted by Gasteiger charge is -2.40. The topological polar surface area (TPSA) is 92.9 Å². The molecule has 0 bridgehead atoms. The Labute approximate surface area is 99.5 Å². The first-order valence-corrected chi connectivity index (χ1v) is 5.47. The second-order valence-electron chi connectivity index (χ2n) is 5.23. The molecule has 1 saturated heterocycles. The third kappa shape index (κ3) is 4.18. The maximum atomic E-state index is 11.5. The highest BCUT2D eigenvalue weighted by Gasteiger charge is 2.39. The molecule has 1 aliphatic heterocycles. The molecule has 1 amide bonds. The molecule has 17 heavy (non-hydrogen) atoms. The van der Waals surface area contributed by atoms with Gasteiger partial charge in [0.25, 0.3) is 0 Å². The summed E-state index contributed by atoms with van der Waals surface area (Å²) in [7, 11) is 0. The number of carbonyl (C=O) groups excluding carboxylic acids is 1. The third-order valence-electron chi connectivity index (χ3n) is 2.44. The van der Waals surface area contributed by atoms with E-state index in [9.17, 15) is 20.0 Å². The van der Waals surface area contributed by atoms with Crippen LogP contribution in [0, 0.1) is 16.0 Å². The van der Waals surface area contributed by atoms with Crippen LogP contribution in [0.25, 0.3) is 0 Å². The van der Waals surface area contributed by atoms with Gasteiger partial charge in [-0.1, -0.05) is 0 Å². The number of rotatable bonds is 3. The summed E-state index contributed by atoms with van der Waals surface area (Å²) < 4.78 is 5.12. The van der Waals surface area contributed by atoms with E-state index in [1.165, 1.54) is 4.90 Å². The standard InChI is InChI=1S/C10H18N2O5/c1-10(2,3)17-9(14)11-4-7(5-11)8(13)6-12(15)16/h7-8,13H,4-6H2,1-3H3. The predicted octanol–water partition coefficient (Wildman–Crippen LogP) is 0.491. The Morgan fingerprint density at radius 2 is 2.12 bits per heavy atom. The van der Waals surface area contributed by atoms with E-state index in [2.05, 4.69) is 0 Å². The SMILES string of the molecule is CC(C)(C)OC(=O)N1CC(C(O)C[N+](=O)[O-])C1. The van der Waals surface area contributed by atoms with Crippen molar-refractivity contribution >= 4 is 6.09 Å². The van der Waals surface area contributed by atoms with Gasteiger partial charge in [-0.25, -0.2) is 4.79 Å². The van der Waals surface area contributed by atoms with Crippen molar-refractivity contribution in [2.24, 2.45) is 5.92 Å². The van der Waals surface area contributed by atoms with Gasteiger partial charge in [0.05, 0.1) is 0 Å². The molecule has 1 N–H and O–H groups in total. The maximum absolute atomic E-state index is 11.5. The first-order valence-electron chi connectivity index (χ1n) is 5.47. The largest absolute Gasteiger partial charge is 0.444 e. The highest BCUT2D eigenvalue weighted by molar-refractivity contribution is 5.69. The van der Waals surface area contributed by atoms with Crippen molar-refractivity contribution in [2.75, 3.05) is 19.6 Å². The summed E-state index contributed by atoms with van der Waals surface area (Å²) >= 11 is 0. The number of nitrogens with zero attached hydrogens (tertiary/aromatic N) is 2. The van der Waals surface area contributed by atoms with E-state index in [0.29, 0.717) is 13.1 Å². The molecule has 0 aliphatic carbocycles. The van der Waals surface area contributed by atoms with Crippen molar-refractivity contribution in [1.82, 2.24) is 4.90 Å². The van der Waals surface area contributed by atoms with Crippen molar-refractivity contribution in [3.05, 3.63) is 10.1 Å². The molecule has 7 heteroatoms. The number of hydrogen-bond donors (Lipinski definition) is 1. The van der Waals surface area contributed by atoms with Crippen LogP contribution in [0.1, 0.15) is 20.8 Å². The van der Waals surface area contributed by atoms with Gasteiger partial charge in [-0.2, -0.15) is 0 Å². The number of amides is 1. The predicted molar refractivity (Wildman–Crippen MR) is 59.2 cm³/mol. The zero-order valence-corrected chi connectivity index (χ0v) is 10.3. The minimum Gasteiger partial charge on any atom is -0.444 e. The molecule has 1 atom stereocenters. The molecule has 98 valence electrons. The van der Waals surface area contributed by atoms with Gasteiger partial charge in [0.2, 0.25) is 6.54 Å². The molecule has 1 unspecified atom stereocenters. The van der Waals surface area contributed by atoms with Crippen LogP contribution in [0.2, 0.25) is 0 Å². The van der Waals surface area contributed by atoms with Crippen LogP contribution in [-0.2, 0) is 4.74 Å². The molecule has 0 saturated carbocycles. The minimum atomic E-state index is -0.997. The van der Waals surface area contributed by atoms with Crippen molar-refractivity contribution in [2.45, 2.75) is 32.5 Å². The number of likely N-dealkylation sites (tertiary alicyclic amines) is 1.